The Morgan fingerprint density at radius 1 is 1.60 bits per heavy atom. The lowest BCUT2D eigenvalue weighted by Gasteiger charge is -2.16. The number of rotatable bonds is 3. The van der Waals surface area contributed by atoms with Crippen LogP contribution in [0.5, 0.6) is 0 Å². The van der Waals surface area contributed by atoms with Gasteiger partial charge in [0.2, 0.25) is 0 Å². The topological polar surface area (TPSA) is 12.0 Å². The van der Waals surface area contributed by atoms with Crippen LogP contribution in [0.25, 0.3) is 0 Å². The second kappa shape index (κ2) is 4.51. The fourth-order valence-electron chi connectivity index (χ4n) is 1.31. The lowest BCUT2D eigenvalue weighted by molar-refractivity contribution is 0.522. The molecule has 0 aliphatic heterocycles. The van der Waals surface area contributed by atoms with Crippen molar-refractivity contribution in [3.8, 4) is 0 Å². The Hall–Kier alpha value is -0.300. The lowest BCUT2D eigenvalue weighted by Crippen LogP contribution is -2.28. The summed E-state index contributed by atoms with van der Waals surface area (Å²) >= 11 is 0. The molecule has 10 heavy (non-hydrogen) atoms. The van der Waals surface area contributed by atoms with E-state index in [9.17, 15) is 0 Å². The average Bonchev–Trinajstić information content (AvgIpc) is 2.03. The molecule has 1 aliphatic rings. The van der Waals surface area contributed by atoms with Crippen LogP contribution in [-0.4, -0.2) is 12.6 Å². The summed E-state index contributed by atoms with van der Waals surface area (Å²) in [5, 5.41) is 3.48. The largest absolute Gasteiger partial charge is 0.311 e. The predicted octanol–water partition coefficient (Wildman–Crippen LogP) is 2.09. The quantitative estimate of drug-likeness (QED) is 0.590. The molecule has 58 valence electrons. The van der Waals surface area contributed by atoms with Gasteiger partial charge in [0.1, 0.15) is 0 Å². The van der Waals surface area contributed by atoms with Crippen LogP contribution < -0.4 is 5.32 Å². The van der Waals surface area contributed by atoms with Gasteiger partial charge in [-0.15, -0.1) is 0 Å². The predicted molar refractivity (Wildman–Crippen MR) is 45.1 cm³/mol. The summed E-state index contributed by atoms with van der Waals surface area (Å²) in [4.78, 5) is 0. The van der Waals surface area contributed by atoms with Gasteiger partial charge in [0.25, 0.3) is 0 Å². The van der Waals surface area contributed by atoms with E-state index in [1.165, 1.54) is 25.7 Å². The van der Waals surface area contributed by atoms with Gasteiger partial charge in [-0.3, -0.25) is 0 Å². The number of hydrogen-bond donors (Lipinski definition) is 1. The first-order valence-electron chi connectivity index (χ1n) is 4.33. The van der Waals surface area contributed by atoms with Crippen molar-refractivity contribution < 1.29 is 0 Å². The highest BCUT2D eigenvalue weighted by Crippen LogP contribution is 2.09. The molecular weight excluding hydrogens is 122 g/mol. The molecule has 0 fully saturated rings. The molecule has 1 atom stereocenters. The minimum Gasteiger partial charge on any atom is -0.311 e. The van der Waals surface area contributed by atoms with Gasteiger partial charge in [-0.05, 0) is 32.2 Å². The Labute approximate surface area is 63.5 Å². The summed E-state index contributed by atoms with van der Waals surface area (Å²) in [7, 11) is 0. The van der Waals surface area contributed by atoms with Crippen LogP contribution in [0.4, 0.5) is 0 Å². The first-order valence-corrected chi connectivity index (χ1v) is 4.33. The molecule has 0 aromatic rings. The summed E-state index contributed by atoms with van der Waals surface area (Å²) in [6, 6.07) is 0.675. The van der Waals surface area contributed by atoms with E-state index >= 15 is 0 Å². The summed E-state index contributed by atoms with van der Waals surface area (Å²) < 4.78 is 0. The van der Waals surface area contributed by atoms with Crippen molar-refractivity contribution in [1.82, 2.24) is 5.32 Å². The van der Waals surface area contributed by atoms with Gasteiger partial charge in [0.05, 0.1) is 0 Å². The minimum absolute atomic E-state index is 0.675. The molecule has 0 saturated carbocycles. The highest BCUT2D eigenvalue weighted by molar-refractivity contribution is 4.97. The third-order valence-electron chi connectivity index (χ3n) is 1.91. The van der Waals surface area contributed by atoms with Gasteiger partial charge < -0.3 is 5.32 Å². The van der Waals surface area contributed by atoms with Crippen LogP contribution >= 0.6 is 0 Å². The van der Waals surface area contributed by atoms with Gasteiger partial charge in [-0.2, -0.15) is 0 Å². The summed E-state index contributed by atoms with van der Waals surface area (Å²) in [6.45, 7) is 3.37. The monoisotopic (exact) mass is 139 g/mol. The van der Waals surface area contributed by atoms with E-state index in [4.69, 9.17) is 0 Å². The molecule has 0 heterocycles. The van der Waals surface area contributed by atoms with Crippen LogP contribution in [0, 0.1) is 0 Å². The van der Waals surface area contributed by atoms with Crippen LogP contribution in [-0.2, 0) is 0 Å². The Bertz CT molecular complexity index is 107. The molecule has 1 aliphatic carbocycles. The van der Waals surface area contributed by atoms with E-state index < -0.39 is 0 Å². The van der Waals surface area contributed by atoms with Crippen LogP contribution in [0.3, 0.4) is 0 Å². The number of hydrogen-bond acceptors (Lipinski definition) is 1. The van der Waals surface area contributed by atoms with Gasteiger partial charge >= 0.3 is 0 Å². The highest BCUT2D eigenvalue weighted by atomic mass is 14.9. The van der Waals surface area contributed by atoms with Crippen molar-refractivity contribution in [3.05, 3.63) is 12.2 Å². The molecule has 1 unspecified atom stereocenters. The van der Waals surface area contributed by atoms with Gasteiger partial charge in [0.15, 0.2) is 0 Å². The Morgan fingerprint density at radius 2 is 2.50 bits per heavy atom. The molecule has 1 N–H and O–H groups in total. The third kappa shape index (κ3) is 2.53. The van der Waals surface area contributed by atoms with E-state index in [0.29, 0.717) is 6.04 Å². The summed E-state index contributed by atoms with van der Waals surface area (Å²) in [5.41, 5.74) is 0. The molecular formula is C9H17N. The van der Waals surface area contributed by atoms with Crippen molar-refractivity contribution >= 4 is 0 Å². The maximum atomic E-state index is 3.48. The molecule has 1 heteroatoms. The zero-order chi connectivity index (χ0) is 7.23. The zero-order valence-corrected chi connectivity index (χ0v) is 6.77. The maximum Gasteiger partial charge on any atom is 0.0250 e. The van der Waals surface area contributed by atoms with E-state index in [1.54, 1.807) is 0 Å². The smallest absolute Gasteiger partial charge is 0.0250 e. The minimum atomic E-state index is 0.675. The highest BCUT2D eigenvalue weighted by Gasteiger charge is 2.04. The van der Waals surface area contributed by atoms with Crippen molar-refractivity contribution in [1.29, 1.82) is 0 Å². The standard InChI is InChI=1S/C9H17N/c1-2-8-10-9-6-4-3-5-7-9/h4,6,9-10H,2-3,5,7-8H2,1H3. The second-order valence-electron chi connectivity index (χ2n) is 2.92. The molecule has 1 rings (SSSR count). The van der Waals surface area contributed by atoms with Crippen molar-refractivity contribution in [2.24, 2.45) is 0 Å². The third-order valence-corrected chi connectivity index (χ3v) is 1.91. The molecule has 0 amide bonds. The van der Waals surface area contributed by atoms with Crippen molar-refractivity contribution in [2.75, 3.05) is 6.54 Å². The summed E-state index contributed by atoms with van der Waals surface area (Å²) in [5.74, 6) is 0. The number of nitrogens with one attached hydrogen (secondary N) is 1. The van der Waals surface area contributed by atoms with Crippen LogP contribution in [0.2, 0.25) is 0 Å². The molecule has 0 aromatic heterocycles. The van der Waals surface area contributed by atoms with Crippen LogP contribution in [0.1, 0.15) is 32.6 Å². The maximum absolute atomic E-state index is 3.48. The van der Waals surface area contributed by atoms with E-state index in [1.807, 2.05) is 0 Å². The average molecular weight is 139 g/mol. The van der Waals surface area contributed by atoms with Crippen LogP contribution in [0.15, 0.2) is 12.2 Å². The lowest BCUT2D eigenvalue weighted by atomic mass is 10.0. The molecule has 0 radical (unpaired) electrons. The fraction of sp³-hybridized carbons (Fsp3) is 0.778. The Morgan fingerprint density at radius 3 is 3.10 bits per heavy atom. The van der Waals surface area contributed by atoms with E-state index in [-0.39, 0.29) is 0 Å². The van der Waals surface area contributed by atoms with Gasteiger partial charge in [0, 0.05) is 6.04 Å². The molecule has 1 nitrogen and oxygen atoms in total. The Balaban J connectivity index is 2.13. The second-order valence-corrected chi connectivity index (χ2v) is 2.92. The first-order chi connectivity index (χ1) is 4.93. The molecule has 0 aromatic carbocycles. The van der Waals surface area contributed by atoms with E-state index in [0.717, 1.165) is 6.54 Å². The van der Waals surface area contributed by atoms with E-state index in [2.05, 4.69) is 24.4 Å². The zero-order valence-electron chi connectivity index (χ0n) is 6.77. The summed E-state index contributed by atoms with van der Waals surface area (Å²) in [6.07, 6.45) is 9.80. The van der Waals surface area contributed by atoms with Crippen molar-refractivity contribution in [3.63, 3.8) is 0 Å². The molecule has 0 saturated heterocycles. The molecule has 0 spiro atoms. The first kappa shape index (κ1) is 7.80. The number of allylic oxidation sites excluding steroid dienone is 1. The van der Waals surface area contributed by atoms with Gasteiger partial charge in [-0.25, -0.2) is 0 Å². The van der Waals surface area contributed by atoms with Crippen molar-refractivity contribution in [2.45, 2.75) is 38.6 Å². The SMILES string of the molecule is CCCNC1C=CCCC1. The van der Waals surface area contributed by atoms with Gasteiger partial charge in [-0.1, -0.05) is 19.1 Å². The normalized spacial score (nSPS) is 25.1. The molecule has 0 bridgehead atoms. The fourth-order valence-corrected chi connectivity index (χ4v) is 1.31. The Kier molecular flexibility index (Phi) is 3.52.